The van der Waals surface area contributed by atoms with Crippen LogP contribution in [0.1, 0.15) is 35.9 Å². The van der Waals surface area contributed by atoms with Crippen molar-refractivity contribution >= 4 is 5.97 Å². The lowest BCUT2D eigenvalue weighted by atomic mass is 10.2. The van der Waals surface area contributed by atoms with E-state index < -0.39 is 11.5 Å². The summed E-state index contributed by atoms with van der Waals surface area (Å²) in [5.41, 5.74) is -0.0927. The molecule has 5 nitrogen and oxygen atoms in total. The van der Waals surface area contributed by atoms with Gasteiger partial charge in [0.05, 0.1) is 5.69 Å². The molecule has 1 N–H and O–H groups in total. The summed E-state index contributed by atoms with van der Waals surface area (Å²) < 4.78 is 3.01. The lowest BCUT2D eigenvalue weighted by molar-refractivity contribution is 0.0694. The minimum Gasteiger partial charge on any atom is -0.477 e. The van der Waals surface area contributed by atoms with Gasteiger partial charge in [0.1, 0.15) is 5.56 Å². The summed E-state index contributed by atoms with van der Waals surface area (Å²) in [4.78, 5) is 22.5. The fourth-order valence-corrected chi connectivity index (χ4v) is 1.56. The number of rotatable bonds is 2. The molecule has 0 spiro atoms. The van der Waals surface area contributed by atoms with Gasteiger partial charge in [-0.3, -0.25) is 9.48 Å². The third-order valence-corrected chi connectivity index (χ3v) is 2.30. The maximum absolute atomic E-state index is 11.7. The first-order valence-electron chi connectivity index (χ1n) is 4.39. The Morgan fingerprint density at radius 1 is 1.43 bits per heavy atom. The molecule has 1 aromatic heterocycles. The highest BCUT2D eigenvalue weighted by molar-refractivity contribution is 5.88. The summed E-state index contributed by atoms with van der Waals surface area (Å²) in [6.45, 7) is 5.31. The predicted molar refractivity (Wildman–Crippen MR) is 51.8 cm³/mol. The molecule has 0 unspecified atom stereocenters. The first kappa shape index (κ1) is 10.6. The van der Waals surface area contributed by atoms with Crippen LogP contribution in [0.2, 0.25) is 0 Å². The van der Waals surface area contributed by atoms with Gasteiger partial charge in [0.2, 0.25) is 0 Å². The second kappa shape index (κ2) is 3.32. The molecular formula is C9H14N2O3. The zero-order chi connectivity index (χ0) is 11.0. The minimum atomic E-state index is -1.16. The zero-order valence-electron chi connectivity index (χ0n) is 8.74. The number of hydrogen-bond donors (Lipinski definition) is 1. The summed E-state index contributed by atoms with van der Waals surface area (Å²) in [5.74, 6) is -1.16. The molecule has 1 heterocycles. The number of nitrogens with zero attached hydrogens (tertiary/aromatic N) is 2. The smallest absolute Gasteiger partial charge is 0.343 e. The number of carboxylic acids is 1. The molecule has 0 fully saturated rings. The van der Waals surface area contributed by atoms with E-state index in [-0.39, 0.29) is 11.6 Å². The van der Waals surface area contributed by atoms with Crippen LogP contribution in [0, 0.1) is 6.92 Å². The largest absolute Gasteiger partial charge is 0.477 e. The molecule has 0 atom stereocenters. The summed E-state index contributed by atoms with van der Waals surface area (Å²) in [6.07, 6.45) is 0. The van der Waals surface area contributed by atoms with E-state index in [1.807, 2.05) is 13.8 Å². The Bertz CT molecular complexity index is 426. The van der Waals surface area contributed by atoms with Crippen LogP contribution in [0.25, 0.3) is 0 Å². The molecule has 0 amide bonds. The number of hydrogen-bond acceptors (Lipinski definition) is 2. The Morgan fingerprint density at radius 3 is 2.14 bits per heavy atom. The van der Waals surface area contributed by atoms with Gasteiger partial charge in [0.15, 0.2) is 0 Å². The Morgan fingerprint density at radius 2 is 1.93 bits per heavy atom. The third kappa shape index (κ3) is 1.34. The highest BCUT2D eigenvalue weighted by Crippen LogP contribution is 2.07. The van der Waals surface area contributed by atoms with E-state index >= 15 is 0 Å². The van der Waals surface area contributed by atoms with Crippen molar-refractivity contribution in [3.63, 3.8) is 0 Å². The predicted octanol–water partition coefficient (Wildman–Crippen LogP) is 0.774. The van der Waals surface area contributed by atoms with Gasteiger partial charge in [0.25, 0.3) is 5.56 Å². The van der Waals surface area contributed by atoms with Gasteiger partial charge in [-0.05, 0) is 20.8 Å². The van der Waals surface area contributed by atoms with Crippen molar-refractivity contribution in [1.29, 1.82) is 0 Å². The topological polar surface area (TPSA) is 64.2 Å². The van der Waals surface area contributed by atoms with Crippen molar-refractivity contribution in [3.05, 3.63) is 21.6 Å². The fourth-order valence-electron chi connectivity index (χ4n) is 1.56. The fraction of sp³-hybridized carbons (Fsp3) is 0.556. The second-order valence-electron chi connectivity index (χ2n) is 3.53. The van der Waals surface area contributed by atoms with Gasteiger partial charge >= 0.3 is 5.97 Å². The van der Waals surface area contributed by atoms with E-state index in [2.05, 4.69) is 0 Å². The molecule has 0 aliphatic rings. The molecule has 78 valence electrons. The van der Waals surface area contributed by atoms with Crippen molar-refractivity contribution in [2.75, 3.05) is 0 Å². The molecular weight excluding hydrogens is 184 g/mol. The number of aromatic nitrogens is 2. The van der Waals surface area contributed by atoms with Gasteiger partial charge < -0.3 is 5.11 Å². The number of carboxylic acid groups (broad SMARTS) is 1. The van der Waals surface area contributed by atoms with Crippen molar-refractivity contribution in [3.8, 4) is 0 Å². The van der Waals surface area contributed by atoms with E-state index in [9.17, 15) is 9.59 Å². The van der Waals surface area contributed by atoms with Gasteiger partial charge in [-0.25, -0.2) is 9.48 Å². The Labute approximate surface area is 81.6 Å². The molecule has 0 bridgehead atoms. The van der Waals surface area contributed by atoms with Gasteiger partial charge in [0, 0.05) is 13.1 Å². The van der Waals surface area contributed by atoms with Crippen LogP contribution in [-0.4, -0.2) is 20.4 Å². The SMILES string of the molecule is Cc1c(C(=O)O)c(=O)n(C(C)C)n1C. The summed E-state index contributed by atoms with van der Waals surface area (Å²) in [6, 6.07) is -0.0423. The summed E-state index contributed by atoms with van der Waals surface area (Å²) in [5, 5.41) is 8.84. The average Bonchev–Trinajstić information content (AvgIpc) is 2.23. The zero-order valence-corrected chi connectivity index (χ0v) is 8.74. The highest BCUT2D eigenvalue weighted by Gasteiger charge is 2.21. The van der Waals surface area contributed by atoms with Crippen LogP contribution in [0.3, 0.4) is 0 Å². The minimum absolute atomic E-state index is 0.0423. The lowest BCUT2D eigenvalue weighted by Gasteiger charge is -2.11. The van der Waals surface area contributed by atoms with Crippen LogP contribution in [0.15, 0.2) is 4.79 Å². The van der Waals surface area contributed by atoms with Crippen LogP contribution >= 0.6 is 0 Å². The molecule has 0 aliphatic heterocycles. The summed E-state index contributed by atoms with van der Waals surface area (Å²) >= 11 is 0. The lowest BCUT2D eigenvalue weighted by Crippen LogP contribution is -2.25. The van der Waals surface area contributed by atoms with Crippen molar-refractivity contribution in [2.45, 2.75) is 26.8 Å². The maximum atomic E-state index is 11.7. The van der Waals surface area contributed by atoms with Crippen LogP contribution in [0.4, 0.5) is 0 Å². The Balaban J connectivity index is 3.58. The molecule has 5 heteroatoms. The van der Waals surface area contributed by atoms with Crippen LogP contribution in [0.5, 0.6) is 0 Å². The quantitative estimate of drug-likeness (QED) is 0.763. The number of carbonyl (C=O) groups is 1. The molecule has 0 radical (unpaired) electrons. The molecule has 0 aromatic carbocycles. The monoisotopic (exact) mass is 198 g/mol. The molecule has 0 saturated heterocycles. The first-order valence-corrected chi connectivity index (χ1v) is 4.39. The number of aromatic carboxylic acids is 1. The van der Waals surface area contributed by atoms with Gasteiger partial charge in [-0.1, -0.05) is 0 Å². The Hall–Kier alpha value is -1.52. The third-order valence-electron chi connectivity index (χ3n) is 2.30. The standard InChI is InChI=1S/C9H14N2O3/c1-5(2)11-8(12)7(9(13)14)6(3)10(11)4/h5H,1-4H3,(H,13,14). The van der Waals surface area contributed by atoms with Gasteiger partial charge in [-0.2, -0.15) is 0 Å². The Kier molecular flexibility index (Phi) is 2.51. The molecule has 0 aliphatic carbocycles. The van der Waals surface area contributed by atoms with Crippen LogP contribution < -0.4 is 5.56 Å². The molecule has 1 aromatic rings. The summed E-state index contributed by atoms with van der Waals surface area (Å²) in [7, 11) is 1.68. The van der Waals surface area contributed by atoms with Crippen molar-refractivity contribution < 1.29 is 9.90 Å². The molecule has 1 rings (SSSR count). The van der Waals surface area contributed by atoms with Gasteiger partial charge in [-0.15, -0.1) is 0 Å². The van der Waals surface area contributed by atoms with E-state index in [0.717, 1.165) is 0 Å². The van der Waals surface area contributed by atoms with Crippen molar-refractivity contribution in [2.24, 2.45) is 7.05 Å². The van der Waals surface area contributed by atoms with Crippen molar-refractivity contribution in [1.82, 2.24) is 9.36 Å². The van der Waals surface area contributed by atoms with E-state index in [4.69, 9.17) is 5.11 Å². The average molecular weight is 198 g/mol. The second-order valence-corrected chi connectivity index (χ2v) is 3.53. The molecule has 14 heavy (non-hydrogen) atoms. The van der Waals surface area contributed by atoms with E-state index in [1.54, 1.807) is 18.7 Å². The highest BCUT2D eigenvalue weighted by atomic mass is 16.4. The molecule has 0 saturated carbocycles. The first-order chi connectivity index (χ1) is 6.37. The van der Waals surface area contributed by atoms with E-state index in [1.165, 1.54) is 4.68 Å². The normalized spacial score (nSPS) is 10.9. The van der Waals surface area contributed by atoms with Crippen LogP contribution in [-0.2, 0) is 7.05 Å². The van der Waals surface area contributed by atoms with E-state index in [0.29, 0.717) is 5.69 Å². The maximum Gasteiger partial charge on any atom is 0.343 e.